The third-order valence-corrected chi connectivity index (χ3v) is 4.97. The van der Waals surface area contributed by atoms with Crippen molar-refractivity contribution in [2.45, 2.75) is 18.3 Å². The van der Waals surface area contributed by atoms with Crippen LogP contribution >= 0.6 is 35.7 Å². The molecule has 1 fully saturated rings. The highest BCUT2D eigenvalue weighted by atomic mass is 127. The van der Waals surface area contributed by atoms with Gasteiger partial charge in [-0.25, -0.2) is 9.38 Å². The zero-order chi connectivity index (χ0) is 18.3. The van der Waals surface area contributed by atoms with Crippen LogP contribution in [0.25, 0.3) is 0 Å². The van der Waals surface area contributed by atoms with E-state index in [4.69, 9.17) is 0 Å². The van der Waals surface area contributed by atoms with Crippen molar-refractivity contribution >= 4 is 47.6 Å². The van der Waals surface area contributed by atoms with Gasteiger partial charge >= 0.3 is 0 Å². The number of hydrogen-bond acceptors (Lipinski definition) is 3. The third-order valence-electron chi connectivity index (χ3n) is 4.35. The molecule has 5 nitrogen and oxygen atoms in total. The summed E-state index contributed by atoms with van der Waals surface area (Å²) in [5, 5.41) is 6.58. The summed E-state index contributed by atoms with van der Waals surface area (Å²) in [5.41, 5.74) is 0.989. The van der Waals surface area contributed by atoms with Crippen molar-refractivity contribution in [3.8, 4) is 0 Å². The summed E-state index contributed by atoms with van der Waals surface area (Å²) in [6.07, 6.45) is 4.10. The Kier molecular flexibility index (Phi) is 9.70. The van der Waals surface area contributed by atoms with Gasteiger partial charge in [0.05, 0.1) is 0 Å². The number of halogens is 2. The molecule has 0 aromatic heterocycles. The van der Waals surface area contributed by atoms with Crippen LogP contribution in [-0.2, 0) is 10.2 Å². The van der Waals surface area contributed by atoms with Crippen molar-refractivity contribution in [1.82, 2.24) is 15.5 Å². The number of aliphatic imine (C=N–C) groups is 1. The Labute approximate surface area is 176 Å². The van der Waals surface area contributed by atoms with Crippen LogP contribution in [0.4, 0.5) is 4.39 Å². The Morgan fingerprint density at radius 3 is 2.65 bits per heavy atom. The van der Waals surface area contributed by atoms with Crippen molar-refractivity contribution in [3.63, 3.8) is 0 Å². The van der Waals surface area contributed by atoms with Crippen LogP contribution in [0.1, 0.15) is 18.4 Å². The van der Waals surface area contributed by atoms with Crippen molar-refractivity contribution in [1.29, 1.82) is 0 Å². The Balaban J connectivity index is 0.00000338. The minimum Gasteiger partial charge on any atom is -0.356 e. The average Bonchev–Trinajstić information content (AvgIpc) is 3.37. The van der Waals surface area contributed by atoms with Gasteiger partial charge in [-0.2, -0.15) is 11.8 Å². The lowest BCUT2D eigenvalue weighted by molar-refractivity contribution is -0.127. The van der Waals surface area contributed by atoms with Crippen molar-refractivity contribution in [2.75, 3.05) is 45.7 Å². The molecule has 2 rings (SSSR count). The van der Waals surface area contributed by atoms with E-state index in [2.05, 4.69) is 15.6 Å². The lowest BCUT2D eigenvalue weighted by Crippen LogP contribution is -2.42. The smallest absolute Gasteiger partial charge is 0.243 e. The number of rotatable bonds is 8. The van der Waals surface area contributed by atoms with Gasteiger partial charge in [-0.05, 0) is 36.8 Å². The molecule has 0 radical (unpaired) electrons. The summed E-state index contributed by atoms with van der Waals surface area (Å²) >= 11 is 1.75. The summed E-state index contributed by atoms with van der Waals surface area (Å²) in [6.45, 7) is 1.56. The van der Waals surface area contributed by atoms with Gasteiger partial charge in [-0.3, -0.25) is 4.79 Å². The fraction of sp³-hybridized carbons (Fsp3) is 0.556. The lowest BCUT2D eigenvalue weighted by atomic mass is 9.96. The summed E-state index contributed by atoms with van der Waals surface area (Å²) < 4.78 is 13.5. The molecule has 1 amide bonds. The zero-order valence-electron chi connectivity index (χ0n) is 15.5. The summed E-state index contributed by atoms with van der Waals surface area (Å²) in [7, 11) is 3.44. The van der Waals surface area contributed by atoms with Crippen LogP contribution in [-0.4, -0.2) is 62.5 Å². The second-order valence-electron chi connectivity index (χ2n) is 6.52. The quantitative estimate of drug-likeness (QED) is 0.253. The fourth-order valence-electron chi connectivity index (χ4n) is 2.52. The van der Waals surface area contributed by atoms with Crippen molar-refractivity contribution < 1.29 is 9.18 Å². The molecule has 8 heteroatoms. The number of benzene rings is 1. The highest BCUT2D eigenvalue weighted by Gasteiger charge is 2.44. The Hall–Kier alpha value is -1.03. The molecule has 1 aromatic carbocycles. The van der Waals surface area contributed by atoms with Crippen LogP contribution in [0.3, 0.4) is 0 Å². The molecule has 146 valence electrons. The van der Waals surface area contributed by atoms with E-state index in [1.807, 2.05) is 12.3 Å². The highest BCUT2D eigenvalue weighted by Crippen LogP contribution is 2.47. The van der Waals surface area contributed by atoms with Crippen LogP contribution in [0.2, 0.25) is 0 Å². The molecule has 0 heterocycles. The molecule has 1 aliphatic rings. The maximum Gasteiger partial charge on any atom is 0.243 e. The van der Waals surface area contributed by atoms with E-state index in [9.17, 15) is 9.18 Å². The summed E-state index contributed by atoms with van der Waals surface area (Å²) in [6, 6.07) is 6.82. The number of amides is 1. The highest BCUT2D eigenvalue weighted by molar-refractivity contribution is 14.0. The maximum absolute atomic E-state index is 13.5. The normalized spacial score (nSPS) is 15.0. The largest absolute Gasteiger partial charge is 0.356 e. The first-order valence-electron chi connectivity index (χ1n) is 8.44. The van der Waals surface area contributed by atoms with Gasteiger partial charge in [-0.1, -0.05) is 12.1 Å². The maximum atomic E-state index is 13.5. The fourth-order valence-corrected chi connectivity index (χ4v) is 2.83. The first kappa shape index (κ1) is 23.0. The van der Waals surface area contributed by atoms with E-state index < -0.39 is 0 Å². The number of nitrogens with one attached hydrogen (secondary N) is 2. The minimum atomic E-state index is -0.202. The van der Waals surface area contributed by atoms with Gasteiger partial charge in [0.15, 0.2) is 5.96 Å². The molecule has 0 unspecified atom stereocenters. The molecule has 1 aliphatic carbocycles. The van der Waals surface area contributed by atoms with E-state index in [0.717, 1.165) is 30.7 Å². The Bertz CT molecular complexity index is 623. The Morgan fingerprint density at radius 1 is 1.35 bits per heavy atom. The molecule has 0 saturated heterocycles. The molecule has 0 atom stereocenters. The van der Waals surface area contributed by atoms with Crippen molar-refractivity contribution in [3.05, 3.63) is 35.6 Å². The standard InChI is InChI=1S/C18H27FN4OS.HI/c1-23(2)16(24)12-21-17(20-9-10-25-3)22-13-18(7-8-18)14-5-4-6-15(19)11-14;/h4-6,11H,7-10,12-13H2,1-3H3,(H2,20,21,22);1H. The monoisotopic (exact) mass is 494 g/mol. The molecule has 26 heavy (non-hydrogen) atoms. The van der Waals surface area contributed by atoms with E-state index >= 15 is 0 Å². The van der Waals surface area contributed by atoms with Gasteiger partial charge in [-0.15, -0.1) is 24.0 Å². The second kappa shape index (κ2) is 11.0. The number of hydrogen-bond donors (Lipinski definition) is 2. The second-order valence-corrected chi connectivity index (χ2v) is 7.50. The van der Waals surface area contributed by atoms with Gasteiger partial charge in [0.25, 0.3) is 0 Å². The van der Waals surface area contributed by atoms with Gasteiger partial charge < -0.3 is 15.5 Å². The number of carbonyl (C=O) groups excluding carboxylic acids is 1. The number of thioether (sulfide) groups is 1. The first-order chi connectivity index (χ1) is 12.0. The number of guanidine groups is 1. The number of nitrogens with zero attached hydrogens (tertiary/aromatic N) is 2. The third kappa shape index (κ3) is 6.94. The Morgan fingerprint density at radius 2 is 2.08 bits per heavy atom. The van der Waals surface area contributed by atoms with E-state index in [1.54, 1.807) is 38.0 Å². The number of likely N-dealkylation sites (N-methyl/N-ethyl adjacent to an activating group) is 1. The molecule has 0 spiro atoms. The zero-order valence-corrected chi connectivity index (χ0v) is 18.7. The molecular weight excluding hydrogens is 466 g/mol. The SMILES string of the molecule is CSCCNC(=NCC(=O)N(C)C)NCC1(c2cccc(F)c2)CC1.I. The van der Waals surface area contributed by atoms with Gasteiger partial charge in [0.1, 0.15) is 12.4 Å². The van der Waals surface area contributed by atoms with Crippen molar-refractivity contribution in [2.24, 2.45) is 4.99 Å². The first-order valence-corrected chi connectivity index (χ1v) is 9.83. The minimum absolute atomic E-state index is 0. The summed E-state index contributed by atoms with van der Waals surface area (Å²) in [5.74, 6) is 1.34. The van der Waals surface area contributed by atoms with Gasteiger partial charge in [0.2, 0.25) is 5.91 Å². The molecule has 0 bridgehead atoms. The molecule has 0 aliphatic heterocycles. The average molecular weight is 494 g/mol. The number of carbonyl (C=O) groups is 1. The molecular formula is C18H28FIN4OS. The predicted octanol–water partition coefficient (Wildman–Crippen LogP) is 2.46. The summed E-state index contributed by atoms with van der Waals surface area (Å²) in [4.78, 5) is 17.7. The lowest BCUT2D eigenvalue weighted by Gasteiger charge is -2.19. The van der Waals surface area contributed by atoms with Gasteiger partial charge in [0, 0.05) is 38.4 Å². The van der Waals surface area contributed by atoms with Crippen LogP contribution in [0, 0.1) is 5.82 Å². The van der Waals surface area contributed by atoms with Crippen LogP contribution < -0.4 is 10.6 Å². The van der Waals surface area contributed by atoms with E-state index in [1.165, 1.54) is 11.0 Å². The molecule has 1 saturated carbocycles. The topological polar surface area (TPSA) is 56.7 Å². The van der Waals surface area contributed by atoms with E-state index in [-0.39, 0.29) is 47.7 Å². The molecule has 1 aromatic rings. The molecule has 2 N–H and O–H groups in total. The van der Waals surface area contributed by atoms with Crippen LogP contribution in [0.5, 0.6) is 0 Å². The van der Waals surface area contributed by atoms with Crippen LogP contribution in [0.15, 0.2) is 29.3 Å². The predicted molar refractivity (Wildman–Crippen MR) is 118 cm³/mol. The van der Waals surface area contributed by atoms with E-state index in [0.29, 0.717) is 12.5 Å².